The molecule has 5 nitrogen and oxygen atoms in total. The van der Waals surface area contributed by atoms with Crippen molar-refractivity contribution in [3.05, 3.63) is 29.3 Å². The molecule has 25 heavy (non-hydrogen) atoms. The van der Waals surface area contributed by atoms with E-state index in [1.54, 1.807) is 0 Å². The van der Waals surface area contributed by atoms with Gasteiger partial charge in [0.05, 0.1) is 13.2 Å². The molecule has 136 valence electrons. The van der Waals surface area contributed by atoms with Crippen molar-refractivity contribution in [1.82, 2.24) is 9.80 Å². The summed E-state index contributed by atoms with van der Waals surface area (Å²) in [5.74, 6) is 0.591. The normalized spacial score (nSPS) is 24.2. The second-order valence-corrected chi connectivity index (χ2v) is 7.59. The van der Waals surface area contributed by atoms with E-state index in [0.717, 1.165) is 70.9 Å². The number of nitrogens with zero attached hydrogens (tertiary/aromatic N) is 2. The Morgan fingerprint density at radius 3 is 2.88 bits per heavy atom. The van der Waals surface area contributed by atoms with Gasteiger partial charge >= 0.3 is 6.03 Å². The highest BCUT2D eigenvalue weighted by Crippen LogP contribution is 2.28. The van der Waals surface area contributed by atoms with Gasteiger partial charge in [-0.25, -0.2) is 4.79 Å². The smallest absolute Gasteiger partial charge is 0.321 e. The SMILES string of the molecule is O=C(Nc1cccc2c1CCCC2)N1CC[C@H](CN2CCOCC2)C1. The summed E-state index contributed by atoms with van der Waals surface area (Å²) in [5.41, 5.74) is 3.79. The molecular weight excluding hydrogens is 314 g/mol. The Hall–Kier alpha value is -1.59. The lowest BCUT2D eigenvalue weighted by Crippen LogP contribution is -2.40. The van der Waals surface area contributed by atoms with Gasteiger partial charge in [0.1, 0.15) is 0 Å². The van der Waals surface area contributed by atoms with E-state index in [2.05, 4.69) is 28.4 Å². The van der Waals surface area contributed by atoms with E-state index in [9.17, 15) is 4.79 Å². The maximum atomic E-state index is 12.7. The minimum atomic E-state index is 0.0726. The number of fused-ring (bicyclic) bond motifs is 1. The summed E-state index contributed by atoms with van der Waals surface area (Å²) in [5, 5.41) is 3.19. The van der Waals surface area contributed by atoms with Crippen LogP contribution in [0.15, 0.2) is 18.2 Å². The molecule has 2 saturated heterocycles. The molecule has 0 saturated carbocycles. The fraction of sp³-hybridized carbons (Fsp3) is 0.650. The molecule has 1 aromatic rings. The molecule has 1 atom stereocenters. The Kier molecular flexibility index (Phi) is 5.22. The minimum Gasteiger partial charge on any atom is -0.379 e. The van der Waals surface area contributed by atoms with Crippen LogP contribution in [0.4, 0.5) is 10.5 Å². The maximum Gasteiger partial charge on any atom is 0.321 e. The molecule has 0 bridgehead atoms. The second kappa shape index (κ2) is 7.75. The van der Waals surface area contributed by atoms with Gasteiger partial charge in [0, 0.05) is 38.4 Å². The van der Waals surface area contributed by atoms with Crippen LogP contribution < -0.4 is 5.32 Å². The number of nitrogens with one attached hydrogen (secondary N) is 1. The maximum absolute atomic E-state index is 12.7. The summed E-state index contributed by atoms with van der Waals surface area (Å²) < 4.78 is 5.42. The highest BCUT2D eigenvalue weighted by Gasteiger charge is 2.28. The van der Waals surface area contributed by atoms with E-state index in [-0.39, 0.29) is 6.03 Å². The average Bonchev–Trinajstić information content (AvgIpc) is 3.11. The van der Waals surface area contributed by atoms with Crippen LogP contribution in [0, 0.1) is 5.92 Å². The lowest BCUT2D eigenvalue weighted by molar-refractivity contribution is 0.0314. The first-order valence-corrected chi connectivity index (χ1v) is 9.76. The van der Waals surface area contributed by atoms with Gasteiger partial charge in [0.15, 0.2) is 0 Å². The molecule has 2 amide bonds. The Morgan fingerprint density at radius 2 is 2.00 bits per heavy atom. The fourth-order valence-corrected chi connectivity index (χ4v) is 4.41. The molecule has 1 aromatic carbocycles. The zero-order valence-corrected chi connectivity index (χ0v) is 15.0. The molecule has 2 fully saturated rings. The van der Waals surface area contributed by atoms with E-state index in [0.29, 0.717) is 5.92 Å². The number of ether oxygens (including phenoxy) is 1. The number of benzene rings is 1. The van der Waals surface area contributed by atoms with Gasteiger partial charge in [0.2, 0.25) is 0 Å². The molecule has 4 rings (SSSR count). The number of anilines is 1. The number of carbonyl (C=O) groups excluding carboxylic acids is 1. The number of carbonyl (C=O) groups is 1. The standard InChI is InChI=1S/C20H29N3O2/c24-20(21-19-7-3-5-17-4-1-2-6-18(17)19)23-9-8-16(15-23)14-22-10-12-25-13-11-22/h3,5,7,16H,1-2,4,6,8-15H2,(H,21,24)/t16-/m1/s1. The second-order valence-electron chi connectivity index (χ2n) is 7.59. The third-order valence-corrected chi connectivity index (χ3v) is 5.83. The largest absolute Gasteiger partial charge is 0.379 e. The first-order valence-electron chi connectivity index (χ1n) is 9.76. The molecule has 3 aliphatic rings. The zero-order chi connectivity index (χ0) is 17.1. The minimum absolute atomic E-state index is 0.0726. The monoisotopic (exact) mass is 343 g/mol. The Bertz CT molecular complexity index is 613. The lowest BCUT2D eigenvalue weighted by atomic mass is 9.90. The van der Waals surface area contributed by atoms with Gasteiger partial charge in [-0.1, -0.05) is 12.1 Å². The Morgan fingerprint density at radius 1 is 1.16 bits per heavy atom. The fourth-order valence-electron chi connectivity index (χ4n) is 4.41. The summed E-state index contributed by atoms with van der Waals surface area (Å²) in [7, 11) is 0. The van der Waals surface area contributed by atoms with E-state index < -0.39 is 0 Å². The van der Waals surface area contributed by atoms with E-state index in [1.807, 2.05) is 4.90 Å². The van der Waals surface area contributed by atoms with Crippen LogP contribution in [0.5, 0.6) is 0 Å². The van der Waals surface area contributed by atoms with Crippen molar-refractivity contribution in [1.29, 1.82) is 0 Å². The van der Waals surface area contributed by atoms with Crippen LogP contribution in [-0.2, 0) is 17.6 Å². The van der Waals surface area contributed by atoms with Crippen LogP contribution in [0.2, 0.25) is 0 Å². The number of aryl methyl sites for hydroxylation is 1. The summed E-state index contributed by atoms with van der Waals surface area (Å²) in [6.07, 6.45) is 5.83. The van der Waals surface area contributed by atoms with Crippen LogP contribution in [0.25, 0.3) is 0 Å². The van der Waals surface area contributed by atoms with Crippen LogP contribution in [-0.4, -0.2) is 61.8 Å². The first-order chi connectivity index (χ1) is 12.3. The van der Waals surface area contributed by atoms with Gasteiger partial charge in [-0.2, -0.15) is 0 Å². The van der Waals surface area contributed by atoms with Crippen LogP contribution >= 0.6 is 0 Å². The predicted molar refractivity (Wildman–Crippen MR) is 99.0 cm³/mol. The van der Waals surface area contributed by atoms with Gasteiger partial charge in [0.25, 0.3) is 0 Å². The highest BCUT2D eigenvalue weighted by molar-refractivity contribution is 5.90. The van der Waals surface area contributed by atoms with Gasteiger partial charge in [-0.15, -0.1) is 0 Å². The number of hydrogen-bond acceptors (Lipinski definition) is 3. The van der Waals surface area contributed by atoms with Gasteiger partial charge in [-0.3, -0.25) is 4.90 Å². The van der Waals surface area contributed by atoms with Crippen molar-refractivity contribution in [3.8, 4) is 0 Å². The van der Waals surface area contributed by atoms with Crippen molar-refractivity contribution in [2.75, 3.05) is 51.3 Å². The van der Waals surface area contributed by atoms with E-state index in [4.69, 9.17) is 4.74 Å². The Labute approximate surface area is 150 Å². The van der Waals surface area contributed by atoms with Gasteiger partial charge in [-0.05, 0) is 55.2 Å². The molecule has 0 spiro atoms. The van der Waals surface area contributed by atoms with Crippen molar-refractivity contribution >= 4 is 11.7 Å². The third kappa shape index (κ3) is 3.98. The third-order valence-electron chi connectivity index (χ3n) is 5.83. The van der Waals surface area contributed by atoms with Crippen molar-refractivity contribution < 1.29 is 9.53 Å². The molecule has 1 N–H and O–H groups in total. The van der Waals surface area contributed by atoms with Crippen LogP contribution in [0.3, 0.4) is 0 Å². The Balaban J connectivity index is 1.33. The molecule has 0 radical (unpaired) electrons. The number of morpholine rings is 1. The van der Waals surface area contributed by atoms with E-state index >= 15 is 0 Å². The predicted octanol–water partition coefficient (Wildman–Crippen LogP) is 2.75. The quantitative estimate of drug-likeness (QED) is 0.918. The molecule has 5 heteroatoms. The topological polar surface area (TPSA) is 44.8 Å². The summed E-state index contributed by atoms with van der Waals surface area (Å²) in [4.78, 5) is 17.2. The number of urea groups is 1. The van der Waals surface area contributed by atoms with Crippen LogP contribution in [0.1, 0.15) is 30.4 Å². The van der Waals surface area contributed by atoms with E-state index in [1.165, 1.54) is 24.0 Å². The number of hydrogen-bond donors (Lipinski definition) is 1. The summed E-state index contributed by atoms with van der Waals surface area (Å²) in [6.45, 7) is 6.58. The first kappa shape index (κ1) is 16.9. The summed E-state index contributed by atoms with van der Waals surface area (Å²) >= 11 is 0. The van der Waals surface area contributed by atoms with Gasteiger partial charge < -0.3 is 15.0 Å². The molecule has 0 unspecified atom stereocenters. The number of likely N-dealkylation sites (tertiary alicyclic amines) is 1. The molecule has 2 heterocycles. The zero-order valence-electron chi connectivity index (χ0n) is 15.0. The molecular formula is C20H29N3O2. The molecule has 0 aromatic heterocycles. The summed E-state index contributed by atoms with van der Waals surface area (Å²) in [6, 6.07) is 6.41. The molecule has 1 aliphatic carbocycles. The van der Waals surface area contributed by atoms with Crippen molar-refractivity contribution in [2.45, 2.75) is 32.1 Å². The molecule has 2 aliphatic heterocycles. The van der Waals surface area contributed by atoms with Crippen molar-refractivity contribution in [2.24, 2.45) is 5.92 Å². The number of rotatable bonds is 3. The lowest BCUT2D eigenvalue weighted by Gasteiger charge is -2.29. The number of amides is 2. The highest BCUT2D eigenvalue weighted by atomic mass is 16.5. The average molecular weight is 343 g/mol. The van der Waals surface area contributed by atoms with Crippen molar-refractivity contribution in [3.63, 3.8) is 0 Å².